The summed E-state index contributed by atoms with van der Waals surface area (Å²) in [6.07, 6.45) is 5.84. The van der Waals surface area contributed by atoms with E-state index in [0.29, 0.717) is 6.54 Å². The van der Waals surface area contributed by atoms with Gasteiger partial charge in [-0.25, -0.2) is 4.79 Å². The standard InChI is InChI=1S/C20H28N2O2/c1-13-17(12-21-19(23)24-20(2,3)4)16-10-14-8-6-5-7-9-15(14)11-18(16)22-13/h10-11,22H,5-9,12H2,1-4H3,(H,21,23). The first-order chi connectivity index (χ1) is 11.3. The molecule has 2 aromatic rings. The second-order valence-electron chi connectivity index (χ2n) is 7.81. The molecule has 0 aliphatic heterocycles. The van der Waals surface area contributed by atoms with Crippen molar-refractivity contribution in [1.82, 2.24) is 10.3 Å². The molecule has 0 bridgehead atoms. The van der Waals surface area contributed by atoms with Crippen LogP contribution in [0, 0.1) is 6.92 Å². The highest BCUT2D eigenvalue weighted by Crippen LogP contribution is 2.29. The van der Waals surface area contributed by atoms with Crippen molar-refractivity contribution >= 4 is 17.0 Å². The minimum Gasteiger partial charge on any atom is -0.444 e. The fraction of sp³-hybridized carbons (Fsp3) is 0.550. The average Bonchev–Trinajstić information content (AvgIpc) is 2.64. The topological polar surface area (TPSA) is 54.1 Å². The van der Waals surface area contributed by atoms with E-state index in [2.05, 4.69) is 29.4 Å². The number of carbonyl (C=O) groups excluding carboxylic acids is 1. The summed E-state index contributed by atoms with van der Waals surface area (Å²) in [5.74, 6) is 0. The van der Waals surface area contributed by atoms with E-state index in [-0.39, 0.29) is 6.09 Å². The zero-order chi connectivity index (χ0) is 17.3. The van der Waals surface area contributed by atoms with E-state index >= 15 is 0 Å². The molecule has 0 atom stereocenters. The van der Waals surface area contributed by atoms with E-state index in [4.69, 9.17) is 4.74 Å². The highest BCUT2D eigenvalue weighted by atomic mass is 16.6. The van der Waals surface area contributed by atoms with E-state index < -0.39 is 5.60 Å². The number of amides is 1. The van der Waals surface area contributed by atoms with Gasteiger partial charge < -0.3 is 15.0 Å². The maximum atomic E-state index is 11.9. The molecule has 0 saturated heterocycles. The molecular formula is C20H28N2O2. The third-order valence-corrected chi connectivity index (χ3v) is 4.64. The van der Waals surface area contributed by atoms with Crippen molar-refractivity contribution < 1.29 is 9.53 Å². The molecule has 0 unspecified atom stereocenters. The van der Waals surface area contributed by atoms with E-state index in [1.54, 1.807) is 0 Å². The van der Waals surface area contributed by atoms with Gasteiger partial charge in [-0.2, -0.15) is 0 Å². The van der Waals surface area contributed by atoms with Gasteiger partial charge in [0.1, 0.15) is 5.60 Å². The molecule has 1 aromatic heterocycles. The summed E-state index contributed by atoms with van der Waals surface area (Å²) >= 11 is 0. The monoisotopic (exact) mass is 328 g/mol. The number of carbonyl (C=O) groups is 1. The van der Waals surface area contributed by atoms with Crippen LogP contribution in [0.5, 0.6) is 0 Å². The zero-order valence-electron chi connectivity index (χ0n) is 15.2. The Labute approximate surface area is 144 Å². The average molecular weight is 328 g/mol. The molecule has 24 heavy (non-hydrogen) atoms. The van der Waals surface area contributed by atoms with Gasteiger partial charge in [0.15, 0.2) is 0 Å². The lowest BCUT2D eigenvalue weighted by Gasteiger charge is -2.19. The van der Waals surface area contributed by atoms with Crippen molar-refractivity contribution in [2.75, 3.05) is 0 Å². The number of aromatic nitrogens is 1. The Morgan fingerprint density at radius 2 is 1.83 bits per heavy atom. The van der Waals surface area contributed by atoms with Crippen molar-refractivity contribution in [2.24, 2.45) is 0 Å². The molecule has 3 rings (SSSR count). The maximum absolute atomic E-state index is 11.9. The molecule has 0 saturated carbocycles. The first kappa shape index (κ1) is 16.9. The zero-order valence-corrected chi connectivity index (χ0v) is 15.2. The molecule has 4 heteroatoms. The normalized spacial score (nSPS) is 15.0. The van der Waals surface area contributed by atoms with Gasteiger partial charge in [0.25, 0.3) is 0 Å². The number of aryl methyl sites for hydroxylation is 3. The lowest BCUT2D eigenvalue weighted by atomic mass is 9.99. The number of hydrogen-bond donors (Lipinski definition) is 2. The summed E-state index contributed by atoms with van der Waals surface area (Å²) in [5, 5.41) is 4.11. The lowest BCUT2D eigenvalue weighted by Crippen LogP contribution is -2.32. The summed E-state index contributed by atoms with van der Waals surface area (Å²) in [6, 6.07) is 4.63. The highest BCUT2D eigenvalue weighted by molar-refractivity contribution is 5.86. The summed E-state index contributed by atoms with van der Waals surface area (Å²) in [6.45, 7) is 8.17. The van der Waals surface area contributed by atoms with Gasteiger partial charge in [-0.1, -0.05) is 6.42 Å². The molecule has 1 aliphatic carbocycles. The summed E-state index contributed by atoms with van der Waals surface area (Å²) < 4.78 is 5.33. The van der Waals surface area contributed by atoms with Gasteiger partial charge in [-0.05, 0) is 82.2 Å². The number of rotatable bonds is 2. The number of aromatic amines is 1. The van der Waals surface area contributed by atoms with E-state index in [9.17, 15) is 4.79 Å². The van der Waals surface area contributed by atoms with Crippen LogP contribution in [0.25, 0.3) is 10.9 Å². The molecule has 1 amide bonds. The molecule has 0 fully saturated rings. The molecule has 0 radical (unpaired) electrons. The summed E-state index contributed by atoms with van der Waals surface area (Å²) in [5.41, 5.74) is 5.92. The highest BCUT2D eigenvalue weighted by Gasteiger charge is 2.18. The Morgan fingerprint density at radius 3 is 2.50 bits per heavy atom. The fourth-order valence-electron chi connectivity index (χ4n) is 3.50. The maximum Gasteiger partial charge on any atom is 0.407 e. The van der Waals surface area contributed by atoms with Crippen molar-refractivity contribution in [3.8, 4) is 0 Å². The predicted molar refractivity (Wildman–Crippen MR) is 97.4 cm³/mol. The molecule has 4 nitrogen and oxygen atoms in total. The minimum absolute atomic E-state index is 0.369. The third kappa shape index (κ3) is 3.74. The second kappa shape index (κ2) is 6.50. The number of alkyl carbamates (subject to hydrolysis) is 1. The SMILES string of the molecule is Cc1[nH]c2cc3c(cc2c1CNC(=O)OC(C)(C)C)CCCCC3. The van der Waals surface area contributed by atoms with Gasteiger partial charge in [0.05, 0.1) is 0 Å². The smallest absolute Gasteiger partial charge is 0.407 e. The van der Waals surface area contributed by atoms with Crippen molar-refractivity contribution in [3.63, 3.8) is 0 Å². The van der Waals surface area contributed by atoms with Crippen molar-refractivity contribution in [1.29, 1.82) is 0 Å². The second-order valence-corrected chi connectivity index (χ2v) is 7.81. The quantitative estimate of drug-likeness (QED) is 0.780. The third-order valence-electron chi connectivity index (χ3n) is 4.64. The number of H-pyrrole nitrogens is 1. The number of ether oxygens (including phenoxy) is 1. The van der Waals surface area contributed by atoms with Gasteiger partial charge in [-0.3, -0.25) is 0 Å². The molecule has 2 N–H and O–H groups in total. The van der Waals surface area contributed by atoms with Crippen LogP contribution in [-0.2, 0) is 24.1 Å². The van der Waals surface area contributed by atoms with Gasteiger partial charge in [0.2, 0.25) is 0 Å². The first-order valence-corrected chi connectivity index (χ1v) is 8.93. The van der Waals surface area contributed by atoms with Crippen LogP contribution < -0.4 is 5.32 Å². The Kier molecular flexibility index (Phi) is 4.57. The van der Waals surface area contributed by atoms with Crippen LogP contribution in [-0.4, -0.2) is 16.7 Å². The summed E-state index contributed by atoms with van der Waals surface area (Å²) in [7, 11) is 0. The van der Waals surface area contributed by atoms with Crippen LogP contribution in [0.2, 0.25) is 0 Å². The Bertz CT molecular complexity index is 753. The molecule has 1 aromatic carbocycles. The van der Waals surface area contributed by atoms with E-state index in [0.717, 1.165) is 17.7 Å². The van der Waals surface area contributed by atoms with E-state index in [1.807, 2.05) is 20.8 Å². The van der Waals surface area contributed by atoms with Crippen molar-refractivity contribution in [3.05, 3.63) is 34.5 Å². The molecule has 1 aliphatic rings. The predicted octanol–water partition coefficient (Wildman–Crippen LogP) is 4.77. The number of benzene rings is 1. The Balaban J connectivity index is 1.84. The van der Waals surface area contributed by atoms with Crippen LogP contribution in [0.1, 0.15) is 62.4 Å². The van der Waals surface area contributed by atoms with E-state index in [1.165, 1.54) is 47.7 Å². The first-order valence-electron chi connectivity index (χ1n) is 8.93. The number of fused-ring (bicyclic) bond motifs is 2. The fourth-order valence-corrected chi connectivity index (χ4v) is 3.50. The molecule has 1 heterocycles. The largest absolute Gasteiger partial charge is 0.444 e. The Morgan fingerprint density at radius 1 is 1.17 bits per heavy atom. The summed E-state index contributed by atoms with van der Waals surface area (Å²) in [4.78, 5) is 15.4. The van der Waals surface area contributed by atoms with Crippen LogP contribution >= 0.6 is 0 Å². The molecular weight excluding hydrogens is 300 g/mol. The number of nitrogens with one attached hydrogen (secondary N) is 2. The minimum atomic E-state index is -0.476. The van der Waals surface area contributed by atoms with Gasteiger partial charge in [0, 0.05) is 23.1 Å². The van der Waals surface area contributed by atoms with Crippen LogP contribution in [0.3, 0.4) is 0 Å². The van der Waals surface area contributed by atoms with Crippen LogP contribution in [0.4, 0.5) is 4.79 Å². The Hall–Kier alpha value is -1.97. The van der Waals surface area contributed by atoms with Crippen LogP contribution in [0.15, 0.2) is 12.1 Å². The lowest BCUT2D eigenvalue weighted by molar-refractivity contribution is 0.0524. The van der Waals surface area contributed by atoms with Gasteiger partial charge in [-0.15, -0.1) is 0 Å². The van der Waals surface area contributed by atoms with Crippen molar-refractivity contribution in [2.45, 2.75) is 71.9 Å². The van der Waals surface area contributed by atoms with Gasteiger partial charge >= 0.3 is 6.09 Å². The number of hydrogen-bond acceptors (Lipinski definition) is 2. The molecule has 130 valence electrons. The molecule has 0 spiro atoms.